The van der Waals surface area contributed by atoms with Gasteiger partial charge in [-0.1, -0.05) is 6.07 Å². The van der Waals surface area contributed by atoms with Crippen LogP contribution in [0.25, 0.3) is 0 Å². The smallest absolute Gasteiger partial charge is 0.387 e. The minimum absolute atomic E-state index is 0. The Morgan fingerprint density at radius 2 is 2.03 bits per heavy atom. The fourth-order valence-corrected chi connectivity index (χ4v) is 2.85. The number of aliphatic imine (C=N–C) groups is 1. The van der Waals surface area contributed by atoms with Crippen molar-refractivity contribution in [1.29, 1.82) is 0 Å². The summed E-state index contributed by atoms with van der Waals surface area (Å²) in [6, 6.07) is 3.82. The van der Waals surface area contributed by atoms with Gasteiger partial charge in [-0.3, -0.25) is 4.99 Å². The second kappa shape index (κ2) is 14.7. The van der Waals surface area contributed by atoms with E-state index in [4.69, 9.17) is 9.47 Å². The van der Waals surface area contributed by atoms with Crippen molar-refractivity contribution < 1.29 is 27.4 Å². The Kier molecular flexibility index (Phi) is 13.0. The summed E-state index contributed by atoms with van der Waals surface area (Å²) in [5.74, 6) is 0.194. The fraction of sp³-hybridized carbons (Fsp3) is 0.632. The van der Waals surface area contributed by atoms with Gasteiger partial charge in [0.2, 0.25) is 0 Å². The standard InChI is InChI=1S/C19H28F3N3O3.HI/c1-23-19(24-8-3-9-27-13-14-6-10-26-11-7-14)25-12-15-16(20)4-2-5-17(15)28-18(21)22;/h2,4-5,14,18H,3,6-13H2,1H3,(H2,23,24,25);1H. The fourth-order valence-electron chi connectivity index (χ4n) is 2.85. The minimum atomic E-state index is -3.01. The van der Waals surface area contributed by atoms with Gasteiger partial charge in [0.25, 0.3) is 0 Å². The molecule has 0 radical (unpaired) electrons. The zero-order chi connectivity index (χ0) is 20.2. The molecular weight excluding hydrogens is 502 g/mol. The Balaban J connectivity index is 0.00000420. The molecule has 10 heteroatoms. The van der Waals surface area contributed by atoms with Crippen molar-refractivity contribution in [2.45, 2.75) is 32.4 Å². The monoisotopic (exact) mass is 531 g/mol. The first kappa shape index (κ1) is 25.8. The molecule has 1 aromatic carbocycles. The molecule has 0 aromatic heterocycles. The van der Waals surface area contributed by atoms with Crippen LogP contribution < -0.4 is 15.4 Å². The molecule has 1 fully saturated rings. The zero-order valence-electron chi connectivity index (χ0n) is 16.5. The number of halogens is 4. The van der Waals surface area contributed by atoms with E-state index < -0.39 is 12.4 Å². The summed E-state index contributed by atoms with van der Waals surface area (Å²) in [6.45, 7) is 0.559. The molecule has 6 nitrogen and oxygen atoms in total. The van der Waals surface area contributed by atoms with Crippen molar-refractivity contribution in [3.63, 3.8) is 0 Å². The van der Waals surface area contributed by atoms with Crippen molar-refractivity contribution in [3.05, 3.63) is 29.6 Å². The highest BCUT2D eigenvalue weighted by Gasteiger charge is 2.15. The molecule has 0 unspecified atom stereocenters. The van der Waals surface area contributed by atoms with Crippen LogP contribution in [0.1, 0.15) is 24.8 Å². The molecule has 0 atom stereocenters. The van der Waals surface area contributed by atoms with Gasteiger partial charge in [0.1, 0.15) is 11.6 Å². The van der Waals surface area contributed by atoms with E-state index in [0.717, 1.165) is 39.1 Å². The summed E-state index contributed by atoms with van der Waals surface area (Å²) in [5.41, 5.74) is 0.0190. The quantitative estimate of drug-likeness (QED) is 0.209. The molecule has 2 rings (SSSR count). The molecule has 1 aliphatic rings. The number of guanidine groups is 1. The third-order valence-electron chi connectivity index (χ3n) is 4.40. The van der Waals surface area contributed by atoms with Crippen LogP contribution in [0.3, 0.4) is 0 Å². The van der Waals surface area contributed by atoms with Crippen molar-refractivity contribution in [2.24, 2.45) is 10.9 Å². The molecule has 1 aromatic rings. The van der Waals surface area contributed by atoms with E-state index in [9.17, 15) is 13.2 Å². The second-order valence-corrected chi connectivity index (χ2v) is 6.43. The molecule has 166 valence electrons. The van der Waals surface area contributed by atoms with E-state index >= 15 is 0 Å². The average molecular weight is 531 g/mol. The summed E-state index contributed by atoms with van der Waals surface area (Å²) in [6.07, 6.45) is 2.87. The van der Waals surface area contributed by atoms with Crippen LogP contribution in [0.2, 0.25) is 0 Å². The number of nitrogens with one attached hydrogen (secondary N) is 2. The van der Waals surface area contributed by atoms with Crippen LogP contribution in [0.5, 0.6) is 5.75 Å². The van der Waals surface area contributed by atoms with E-state index in [2.05, 4.69) is 20.4 Å². The van der Waals surface area contributed by atoms with Gasteiger partial charge in [-0.25, -0.2) is 4.39 Å². The third kappa shape index (κ3) is 9.85. The van der Waals surface area contributed by atoms with Gasteiger partial charge < -0.3 is 24.8 Å². The summed E-state index contributed by atoms with van der Waals surface area (Å²) < 4.78 is 54.3. The van der Waals surface area contributed by atoms with Crippen LogP contribution in [0.4, 0.5) is 13.2 Å². The topological polar surface area (TPSA) is 64.1 Å². The Labute approximate surface area is 186 Å². The third-order valence-corrected chi connectivity index (χ3v) is 4.40. The molecule has 1 saturated heterocycles. The second-order valence-electron chi connectivity index (χ2n) is 6.43. The summed E-state index contributed by atoms with van der Waals surface area (Å²) >= 11 is 0. The Bertz CT molecular complexity index is 618. The first-order chi connectivity index (χ1) is 13.6. The van der Waals surface area contributed by atoms with Crippen LogP contribution in [-0.2, 0) is 16.0 Å². The lowest BCUT2D eigenvalue weighted by atomic mass is 10.0. The van der Waals surface area contributed by atoms with Gasteiger partial charge in [0, 0.05) is 52.1 Å². The molecule has 0 amide bonds. The lowest BCUT2D eigenvalue weighted by Crippen LogP contribution is -2.38. The molecule has 0 spiro atoms. The lowest BCUT2D eigenvalue weighted by Gasteiger charge is -2.21. The number of alkyl halides is 2. The number of benzene rings is 1. The molecular formula is C19H29F3IN3O3. The average Bonchev–Trinajstić information content (AvgIpc) is 2.68. The van der Waals surface area contributed by atoms with Crippen LogP contribution in [0.15, 0.2) is 23.2 Å². The van der Waals surface area contributed by atoms with Crippen molar-refractivity contribution in [1.82, 2.24) is 10.6 Å². The highest BCUT2D eigenvalue weighted by molar-refractivity contribution is 14.0. The van der Waals surface area contributed by atoms with Gasteiger partial charge in [-0.05, 0) is 37.3 Å². The highest BCUT2D eigenvalue weighted by Crippen LogP contribution is 2.23. The number of ether oxygens (including phenoxy) is 3. The van der Waals surface area contributed by atoms with Crippen LogP contribution >= 0.6 is 24.0 Å². The molecule has 2 N–H and O–H groups in total. The van der Waals surface area contributed by atoms with E-state index in [-0.39, 0.29) is 41.8 Å². The summed E-state index contributed by atoms with van der Waals surface area (Å²) in [7, 11) is 1.58. The first-order valence-electron chi connectivity index (χ1n) is 9.42. The van der Waals surface area contributed by atoms with Gasteiger partial charge in [0.15, 0.2) is 5.96 Å². The number of rotatable bonds is 10. The Morgan fingerprint density at radius 3 is 2.72 bits per heavy atom. The lowest BCUT2D eigenvalue weighted by molar-refractivity contribution is -0.0506. The highest BCUT2D eigenvalue weighted by atomic mass is 127. The van der Waals surface area contributed by atoms with Gasteiger partial charge in [-0.2, -0.15) is 8.78 Å². The van der Waals surface area contributed by atoms with E-state index in [1.165, 1.54) is 18.2 Å². The van der Waals surface area contributed by atoms with Crippen LogP contribution in [-0.4, -0.2) is 52.6 Å². The molecule has 1 heterocycles. The zero-order valence-corrected chi connectivity index (χ0v) is 18.8. The van der Waals surface area contributed by atoms with Crippen molar-refractivity contribution in [3.8, 4) is 5.75 Å². The predicted octanol–water partition coefficient (Wildman–Crippen LogP) is 3.54. The predicted molar refractivity (Wildman–Crippen MR) is 116 cm³/mol. The number of hydrogen-bond donors (Lipinski definition) is 2. The minimum Gasteiger partial charge on any atom is -0.434 e. The Morgan fingerprint density at radius 1 is 1.28 bits per heavy atom. The van der Waals surface area contributed by atoms with E-state index in [1.807, 2.05) is 0 Å². The van der Waals surface area contributed by atoms with Gasteiger partial charge >= 0.3 is 6.61 Å². The maximum Gasteiger partial charge on any atom is 0.387 e. The maximum atomic E-state index is 14.0. The number of hydrogen-bond acceptors (Lipinski definition) is 4. The van der Waals surface area contributed by atoms with E-state index in [0.29, 0.717) is 25.0 Å². The molecule has 1 aliphatic heterocycles. The normalized spacial score (nSPS) is 15.1. The molecule has 0 aliphatic carbocycles. The van der Waals surface area contributed by atoms with Crippen molar-refractivity contribution >= 4 is 29.9 Å². The van der Waals surface area contributed by atoms with Gasteiger partial charge in [0.05, 0.1) is 0 Å². The van der Waals surface area contributed by atoms with Crippen molar-refractivity contribution in [2.75, 3.05) is 40.0 Å². The largest absolute Gasteiger partial charge is 0.434 e. The molecule has 0 bridgehead atoms. The Hall–Kier alpha value is -1.27. The molecule has 0 saturated carbocycles. The maximum absolute atomic E-state index is 14.0. The summed E-state index contributed by atoms with van der Waals surface area (Å²) in [5, 5.41) is 5.99. The number of nitrogens with zero attached hydrogens (tertiary/aromatic N) is 1. The SMILES string of the molecule is CN=C(NCCCOCC1CCOCC1)NCc1c(F)cccc1OC(F)F.I. The van der Waals surface area contributed by atoms with Crippen LogP contribution in [0, 0.1) is 11.7 Å². The van der Waals surface area contributed by atoms with Gasteiger partial charge in [-0.15, -0.1) is 24.0 Å². The van der Waals surface area contributed by atoms with E-state index in [1.54, 1.807) is 7.05 Å². The molecule has 29 heavy (non-hydrogen) atoms. The summed E-state index contributed by atoms with van der Waals surface area (Å²) in [4.78, 5) is 4.04. The first-order valence-corrected chi connectivity index (χ1v) is 9.42.